The summed E-state index contributed by atoms with van der Waals surface area (Å²) in [5.41, 5.74) is 9.04. The molecule has 1 aliphatic rings. The Morgan fingerprint density at radius 1 is 1.58 bits per heavy atom. The van der Waals surface area contributed by atoms with E-state index in [2.05, 4.69) is 29.0 Å². The maximum absolute atomic E-state index is 9.30. The second-order valence-electron chi connectivity index (χ2n) is 5.57. The average Bonchev–Trinajstić information content (AvgIpc) is 2.93. The summed E-state index contributed by atoms with van der Waals surface area (Å²) < 4.78 is 0. The normalized spacial score (nSPS) is 27.2. The van der Waals surface area contributed by atoms with Crippen molar-refractivity contribution in [2.75, 3.05) is 6.61 Å². The Labute approximate surface area is 116 Å². The van der Waals surface area contributed by atoms with Crippen LogP contribution in [0, 0.1) is 6.92 Å². The first kappa shape index (κ1) is 13.0. The monoisotopic (exact) mass is 277 g/mol. The van der Waals surface area contributed by atoms with Gasteiger partial charge < -0.3 is 15.8 Å². The summed E-state index contributed by atoms with van der Waals surface area (Å²) in [6.07, 6.45) is 2.78. The first-order valence-corrected chi connectivity index (χ1v) is 7.49. The molecule has 3 rings (SSSR count). The van der Waals surface area contributed by atoms with Crippen molar-refractivity contribution in [2.45, 2.75) is 42.1 Å². The maximum Gasteiger partial charge on any atom is 0.166 e. The predicted molar refractivity (Wildman–Crippen MR) is 78.3 cm³/mol. The Balaban J connectivity index is 1.75. The SMILES string of the molecule is Cc1ccc2nc(SC3CCC(N)(CO)C3)[nH]c2c1. The van der Waals surface area contributed by atoms with E-state index in [0.717, 1.165) is 35.5 Å². The number of nitrogens with one attached hydrogen (secondary N) is 1. The molecule has 5 heteroatoms. The van der Waals surface area contributed by atoms with Crippen molar-refractivity contribution < 1.29 is 5.11 Å². The summed E-state index contributed by atoms with van der Waals surface area (Å²) in [6, 6.07) is 6.23. The molecule has 102 valence electrons. The van der Waals surface area contributed by atoms with E-state index in [4.69, 9.17) is 5.73 Å². The van der Waals surface area contributed by atoms with Crippen molar-refractivity contribution in [1.29, 1.82) is 0 Å². The van der Waals surface area contributed by atoms with Gasteiger partial charge in [0, 0.05) is 10.8 Å². The van der Waals surface area contributed by atoms with Gasteiger partial charge in [-0.25, -0.2) is 4.98 Å². The van der Waals surface area contributed by atoms with Gasteiger partial charge >= 0.3 is 0 Å². The highest BCUT2D eigenvalue weighted by molar-refractivity contribution is 7.99. The molecule has 1 aromatic heterocycles. The van der Waals surface area contributed by atoms with E-state index in [1.165, 1.54) is 5.56 Å². The van der Waals surface area contributed by atoms with E-state index in [1.54, 1.807) is 11.8 Å². The molecule has 0 amide bonds. The Morgan fingerprint density at radius 2 is 2.42 bits per heavy atom. The number of H-pyrrole nitrogens is 1. The second kappa shape index (κ2) is 4.81. The van der Waals surface area contributed by atoms with Gasteiger partial charge in [0.25, 0.3) is 0 Å². The van der Waals surface area contributed by atoms with Crippen molar-refractivity contribution >= 4 is 22.8 Å². The highest BCUT2D eigenvalue weighted by Gasteiger charge is 2.35. The Kier molecular flexibility index (Phi) is 3.28. The molecule has 19 heavy (non-hydrogen) atoms. The number of benzene rings is 1. The Morgan fingerprint density at radius 3 is 3.16 bits per heavy atom. The van der Waals surface area contributed by atoms with Crippen LogP contribution in [0.15, 0.2) is 23.4 Å². The standard InChI is InChI=1S/C14H19N3OS/c1-9-2-3-11-12(6-9)17-13(16-11)19-10-4-5-14(15,7-10)8-18/h2-3,6,10,18H,4-5,7-8,15H2,1H3,(H,16,17). The number of hydrogen-bond donors (Lipinski definition) is 3. The lowest BCUT2D eigenvalue weighted by Crippen LogP contribution is -2.40. The molecule has 0 radical (unpaired) electrons. The third-order valence-corrected chi connectivity index (χ3v) is 4.96. The molecule has 0 aliphatic heterocycles. The number of imidazole rings is 1. The van der Waals surface area contributed by atoms with Crippen LogP contribution in [-0.4, -0.2) is 32.5 Å². The lowest BCUT2D eigenvalue weighted by Gasteiger charge is -2.20. The molecular formula is C14H19N3OS. The first-order chi connectivity index (χ1) is 9.08. The van der Waals surface area contributed by atoms with Gasteiger partial charge in [0.15, 0.2) is 5.16 Å². The van der Waals surface area contributed by atoms with Gasteiger partial charge in [-0.1, -0.05) is 17.8 Å². The molecular weight excluding hydrogens is 258 g/mol. The Hall–Kier alpha value is -1.04. The number of aryl methyl sites for hydroxylation is 1. The summed E-state index contributed by atoms with van der Waals surface area (Å²) in [4.78, 5) is 7.95. The van der Waals surface area contributed by atoms with E-state index in [-0.39, 0.29) is 12.1 Å². The highest BCUT2D eigenvalue weighted by Crippen LogP contribution is 2.38. The largest absolute Gasteiger partial charge is 0.394 e. The minimum Gasteiger partial charge on any atom is -0.394 e. The minimum absolute atomic E-state index is 0.0728. The number of aromatic amines is 1. The number of aliphatic hydroxyl groups is 1. The molecule has 2 unspecified atom stereocenters. The highest BCUT2D eigenvalue weighted by atomic mass is 32.2. The van der Waals surface area contributed by atoms with E-state index in [9.17, 15) is 5.11 Å². The lowest BCUT2D eigenvalue weighted by atomic mass is 10.0. The number of thioether (sulfide) groups is 1. The van der Waals surface area contributed by atoms with Crippen molar-refractivity contribution in [3.63, 3.8) is 0 Å². The van der Waals surface area contributed by atoms with Crippen LogP contribution in [0.25, 0.3) is 11.0 Å². The molecule has 0 saturated heterocycles. The molecule has 4 N–H and O–H groups in total. The fourth-order valence-corrected chi connectivity index (χ4v) is 3.95. The summed E-state index contributed by atoms with van der Waals surface area (Å²) in [6.45, 7) is 2.15. The van der Waals surface area contributed by atoms with Crippen molar-refractivity contribution in [3.05, 3.63) is 23.8 Å². The quantitative estimate of drug-likeness (QED) is 0.804. The number of aromatic nitrogens is 2. The second-order valence-corrected chi connectivity index (χ2v) is 6.85. The number of nitrogens with two attached hydrogens (primary N) is 1. The van der Waals surface area contributed by atoms with Crippen LogP contribution in [-0.2, 0) is 0 Å². The summed E-state index contributed by atoms with van der Waals surface area (Å²) in [5.74, 6) is 0. The molecule has 1 heterocycles. The van der Waals surface area contributed by atoms with Crippen LogP contribution in [0.5, 0.6) is 0 Å². The van der Waals surface area contributed by atoms with E-state index < -0.39 is 0 Å². The maximum atomic E-state index is 9.30. The fourth-order valence-electron chi connectivity index (χ4n) is 2.66. The van der Waals surface area contributed by atoms with Crippen molar-refractivity contribution in [1.82, 2.24) is 9.97 Å². The Bertz CT molecular complexity index is 597. The predicted octanol–water partition coefficient (Wildman–Crippen LogP) is 2.21. The zero-order chi connectivity index (χ0) is 13.5. The fraction of sp³-hybridized carbons (Fsp3) is 0.500. The first-order valence-electron chi connectivity index (χ1n) is 6.61. The minimum atomic E-state index is -0.389. The van der Waals surface area contributed by atoms with Gasteiger partial charge in [0.2, 0.25) is 0 Å². The van der Waals surface area contributed by atoms with Gasteiger partial charge in [-0.05, 0) is 43.9 Å². The number of fused-ring (bicyclic) bond motifs is 1. The van der Waals surface area contributed by atoms with Crippen molar-refractivity contribution in [2.24, 2.45) is 5.73 Å². The van der Waals surface area contributed by atoms with Gasteiger partial charge in [-0.3, -0.25) is 0 Å². The van der Waals surface area contributed by atoms with Gasteiger partial charge in [0.05, 0.1) is 17.6 Å². The molecule has 2 atom stereocenters. The van der Waals surface area contributed by atoms with Gasteiger partial charge in [-0.15, -0.1) is 0 Å². The lowest BCUT2D eigenvalue weighted by molar-refractivity contribution is 0.200. The van der Waals surface area contributed by atoms with E-state index >= 15 is 0 Å². The van der Waals surface area contributed by atoms with Gasteiger partial charge in [-0.2, -0.15) is 0 Å². The van der Waals surface area contributed by atoms with Crippen LogP contribution < -0.4 is 5.73 Å². The van der Waals surface area contributed by atoms with Crippen LogP contribution in [0.4, 0.5) is 0 Å². The molecule has 1 aliphatic carbocycles. The smallest absolute Gasteiger partial charge is 0.166 e. The topological polar surface area (TPSA) is 74.9 Å². The average molecular weight is 277 g/mol. The molecule has 1 aromatic carbocycles. The summed E-state index contributed by atoms with van der Waals surface area (Å²) >= 11 is 1.74. The molecule has 4 nitrogen and oxygen atoms in total. The number of aliphatic hydroxyl groups excluding tert-OH is 1. The third kappa shape index (κ3) is 2.63. The van der Waals surface area contributed by atoms with Crippen LogP contribution in [0.3, 0.4) is 0 Å². The zero-order valence-corrected chi connectivity index (χ0v) is 11.8. The summed E-state index contributed by atoms with van der Waals surface area (Å²) in [5, 5.41) is 10.7. The van der Waals surface area contributed by atoms with Crippen LogP contribution in [0.2, 0.25) is 0 Å². The van der Waals surface area contributed by atoms with Crippen LogP contribution in [0.1, 0.15) is 24.8 Å². The summed E-state index contributed by atoms with van der Waals surface area (Å²) in [7, 11) is 0. The molecule has 2 aromatic rings. The molecule has 1 saturated carbocycles. The zero-order valence-electron chi connectivity index (χ0n) is 11.0. The molecule has 0 bridgehead atoms. The number of hydrogen-bond acceptors (Lipinski definition) is 4. The van der Waals surface area contributed by atoms with E-state index in [0.29, 0.717) is 5.25 Å². The van der Waals surface area contributed by atoms with Gasteiger partial charge in [0.1, 0.15) is 0 Å². The molecule has 1 fully saturated rings. The van der Waals surface area contributed by atoms with Crippen LogP contribution >= 0.6 is 11.8 Å². The third-order valence-electron chi connectivity index (χ3n) is 3.81. The van der Waals surface area contributed by atoms with E-state index in [1.807, 2.05) is 6.07 Å². The number of nitrogens with zero attached hydrogens (tertiary/aromatic N) is 1. The number of rotatable bonds is 3. The van der Waals surface area contributed by atoms with Crippen molar-refractivity contribution in [3.8, 4) is 0 Å². The molecule has 0 spiro atoms.